The Balaban J connectivity index is 2.82. The summed E-state index contributed by atoms with van der Waals surface area (Å²) in [5.41, 5.74) is 0.309. The van der Waals surface area contributed by atoms with Crippen molar-refractivity contribution in [3.05, 3.63) is 34.6 Å². The Labute approximate surface area is 91.4 Å². The second kappa shape index (κ2) is 5.09. The molecule has 0 amide bonds. The van der Waals surface area contributed by atoms with E-state index in [2.05, 4.69) is 4.74 Å². The highest BCUT2D eigenvalue weighted by Crippen LogP contribution is 2.26. The van der Waals surface area contributed by atoms with Crippen LogP contribution in [-0.4, -0.2) is 18.2 Å². The topological polar surface area (TPSA) is 46.5 Å². The van der Waals surface area contributed by atoms with Gasteiger partial charge in [0.25, 0.3) is 0 Å². The van der Waals surface area contributed by atoms with Crippen LogP contribution < -0.4 is 0 Å². The van der Waals surface area contributed by atoms with E-state index >= 15 is 0 Å². The monoisotopic (exact) mass is 232 g/mol. The van der Waals surface area contributed by atoms with Crippen molar-refractivity contribution in [2.75, 3.05) is 7.11 Å². The van der Waals surface area contributed by atoms with Crippen LogP contribution in [-0.2, 0) is 9.53 Å². The van der Waals surface area contributed by atoms with Crippen LogP contribution in [0.2, 0.25) is 5.02 Å². The third kappa shape index (κ3) is 3.18. The Bertz CT molecular complexity index is 368. The van der Waals surface area contributed by atoms with Gasteiger partial charge in [-0.15, -0.1) is 0 Å². The molecule has 82 valence electrons. The number of carbonyl (C=O) groups excluding carboxylic acids is 1. The molecule has 1 aromatic rings. The number of benzene rings is 1. The lowest BCUT2D eigenvalue weighted by molar-refractivity contribution is -0.142. The average Bonchev–Trinajstić information content (AvgIpc) is 2.17. The van der Waals surface area contributed by atoms with Gasteiger partial charge in [0, 0.05) is 5.02 Å². The van der Waals surface area contributed by atoms with Gasteiger partial charge in [0.1, 0.15) is 5.82 Å². The number of halogens is 2. The second-order valence-electron chi connectivity index (χ2n) is 2.96. The molecule has 0 unspecified atom stereocenters. The van der Waals surface area contributed by atoms with E-state index in [-0.39, 0.29) is 11.4 Å². The van der Waals surface area contributed by atoms with Crippen LogP contribution in [0.3, 0.4) is 0 Å². The van der Waals surface area contributed by atoms with Gasteiger partial charge < -0.3 is 9.84 Å². The molecule has 0 bridgehead atoms. The van der Waals surface area contributed by atoms with Gasteiger partial charge in [-0.25, -0.2) is 4.39 Å². The van der Waals surface area contributed by atoms with Crippen LogP contribution in [0.15, 0.2) is 18.2 Å². The van der Waals surface area contributed by atoms with Gasteiger partial charge in [-0.3, -0.25) is 4.79 Å². The number of hydrogen-bond acceptors (Lipinski definition) is 3. The lowest BCUT2D eigenvalue weighted by Gasteiger charge is -2.11. The predicted molar refractivity (Wildman–Crippen MR) is 53.0 cm³/mol. The summed E-state index contributed by atoms with van der Waals surface area (Å²) < 4.78 is 17.1. The fraction of sp³-hybridized carbons (Fsp3) is 0.300. The lowest BCUT2D eigenvalue weighted by Crippen LogP contribution is -2.08. The molecule has 1 rings (SSSR count). The molecular weight excluding hydrogens is 223 g/mol. The zero-order valence-electron chi connectivity index (χ0n) is 8.04. The molecule has 0 saturated carbocycles. The highest BCUT2D eigenvalue weighted by Gasteiger charge is 2.16. The van der Waals surface area contributed by atoms with E-state index in [0.717, 1.165) is 6.07 Å². The number of aliphatic hydroxyl groups is 1. The molecule has 0 spiro atoms. The van der Waals surface area contributed by atoms with Crippen molar-refractivity contribution in [3.8, 4) is 0 Å². The number of rotatable bonds is 3. The maximum Gasteiger partial charge on any atom is 0.308 e. The number of aliphatic hydroxyl groups excluding tert-OH is 1. The summed E-state index contributed by atoms with van der Waals surface area (Å²) in [6, 6.07) is 3.59. The van der Waals surface area contributed by atoms with E-state index in [9.17, 15) is 14.3 Å². The number of methoxy groups -OCH3 is 1. The molecule has 0 aliphatic carbocycles. The molecule has 15 heavy (non-hydrogen) atoms. The zero-order chi connectivity index (χ0) is 11.4. The van der Waals surface area contributed by atoms with Crippen molar-refractivity contribution >= 4 is 17.6 Å². The lowest BCUT2D eigenvalue weighted by atomic mass is 10.1. The molecule has 1 atom stereocenters. The molecule has 1 aromatic carbocycles. The maximum absolute atomic E-state index is 12.7. The molecular formula is C10H10ClFO3. The first-order chi connectivity index (χ1) is 7.04. The predicted octanol–water partition coefficient (Wildman–Crippen LogP) is 2.08. The van der Waals surface area contributed by atoms with Gasteiger partial charge in [-0.05, 0) is 17.7 Å². The Hall–Kier alpha value is -1.13. The number of hydrogen-bond donors (Lipinski definition) is 1. The van der Waals surface area contributed by atoms with Gasteiger partial charge in [0.2, 0.25) is 0 Å². The van der Waals surface area contributed by atoms with Crippen molar-refractivity contribution in [2.24, 2.45) is 0 Å². The first-order valence-electron chi connectivity index (χ1n) is 4.24. The molecule has 0 aliphatic heterocycles. The largest absolute Gasteiger partial charge is 0.469 e. The van der Waals surface area contributed by atoms with Crippen molar-refractivity contribution in [2.45, 2.75) is 12.5 Å². The molecule has 0 fully saturated rings. The molecule has 5 heteroatoms. The Morgan fingerprint density at radius 1 is 1.67 bits per heavy atom. The Kier molecular flexibility index (Phi) is 4.05. The zero-order valence-corrected chi connectivity index (χ0v) is 8.79. The van der Waals surface area contributed by atoms with Crippen LogP contribution in [0.25, 0.3) is 0 Å². The van der Waals surface area contributed by atoms with Gasteiger partial charge in [0.15, 0.2) is 0 Å². The van der Waals surface area contributed by atoms with Crippen LogP contribution in [0.4, 0.5) is 4.39 Å². The number of esters is 1. The fourth-order valence-corrected chi connectivity index (χ4v) is 1.42. The minimum absolute atomic E-state index is 0.0893. The van der Waals surface area contributed by atoms with Crippen molar-refractivity contribution < 1.29 is 19.0 Å². The normalized spacial score (nSPS) is 12.3. The molecule has 3 nitrogen and oxygen atoms in total. The quantitative estimate of drug-likeness (QED) is 0.812. The van der Waals surface area contributed by atoms with Crippen molar-refractivity contribution in [1.82, 2.24) is 0 Å². The molecule has 0 aliphatic rings. The minimum Gasteiger partial charge on any atom is -0.469 e. The maximum atomic E-state index is 12.7. The van der Waals surface area contributed by atoms with Crippen LogP contribution >= 0.6 is 11.6 Å². The molecule has 1 N–H and O–H groups in total. The SMILES string of the molecule is COC(=O)C[C@H](O)c1ccc(F)cc1Cl. The Morgan fingerprint density at radius 2 is 2.33 bits per heavy atom. The molecule has 0 saturated heterocycles. The van der Waals surface area contributed by atoms with E-state index in [0.29, 0.717) is 5.56 Å². The summed E-state index contributed by atoms with van der Waals surface area (Å²) in [4.78, 5) is 10.9. The average molecular weight is 233 g/mol. The standard InChI is InChI=1S/C10H10ClFO3/c1-15-10(14)5-9(13)7-3-2-6(12)4-8(7)11/h2-4,9,13H,5H2,1H3/t9-/m0/s1. The molecule has 0 aromatic heterocycles. The van der Waals surface area contributed by atoms with E-state index < -0.39 is 17.9 Å². The number of ether oxygens (including phenoxy) is 1. The Morgan fingerprint density at radius 3 is 2.87 bits per heavy atom. The molecule has 0 heterocycles. The highest BCUT2D eigenvalue weighted by molar-refractivity contribution is 6.31. The van der Waals surface area contributed by atoms with Gasteiger partial charge in [0.05, 0.1) is 19.6 Å². The first kappa shape index (κ1) is 11.9. The second-order valence-corrected chi connectivity index (χ2v) is 3.37. The third-order valence-electron chi connectivity index (χ3n) is 1.91. The van der Waals surface area contributed by atoms with Gasteiger partial charge in [-0.2, -0.15) is 0 Å². The van der Waals surface area contributed by atoms with Crippen LogP contribution in [0.1, 0.15) is 18.1 Å². The van der Waals surface area contributed by atoms with Crippen LogP contribution in [0, 0.1) is 5.82 Å². The summed E-state index contributed by atoms with van der Waals surface area (Å²) in [6.45, 7) is 0. The van der Waals surface area contributed by atoms with Gasteiger partial charge in [-0.1, -0.05) is 17.7 Å². The summed E-state index contributed by atoms with van der Waals surface area (Å²) >= 11 is 5.70. The van der Waals surface area contributed by atoms with E-state index in [4.69, 9.17) is 11.6 Å². The fourth-order valence-electron chi connectivity index (χ4n) is 1.12. The van der Waals surface area contributed by atoms with Crippen molar-refractivity contribution in [3.63, 3.8) is 0 Å². The van der Waals surface area contributed by atoms with Crippen molar-refractivity contribution in [1.29, 1.82) is 0 Å². The third-order valence-corrected chi connectivity index (χ3v) is 2.24. The smallest absolute Gasteiger partial charge is 0.308 e. The summed E-state index contributed by atoms with van der Waals surface area (Å²) in [7, 11) is 1.22. The van der Waals surface area contributed by atoms with Gasteiger partial charge >= 0.3 is 5.97 Å². The van der Waals surface area contributed by atoms with E-state index in [1.54, 1.807) is 0 Å². The van der Waals surface area contributed by atoms with Crippen LogP contribution in [0.5, 0.6) is 0 Å². The summed E-state index contributed by atoms with van der Waals surface area (Å²) in [6.07, 6.45) is -1.28. The van der Waals surface area contributed by atoms with E-state index in [1.165, 1.54) is 19.2 Å². The first-order valence-corrected chi connectivity index (χ1v) is 4.62. The summed E-state index contributed by atoms with van der Waals surface area (Å²) in [5, 5.41) is 9.68. The van der Waals surface area contributed by atoms with E-state index in [1.807, 2.05) is 0 Å². The molecule has 0 radical (unpaired) electrons. The highest BCUT2D eigenvalue weighted by atomic mass is 35.5. The number of carbonyl (C=O) groups is 1. The minimum atomic E-state index is -1.08. The summed E-state index contributed by atoms with van der Waals surface area (Å²) in [5.74, 6) is -1.04.